The van der Waals surface area contributed by atoms with Crippen molar-refractivity contribution in [2.24, 2.45) is 0 Å². The van der Waals surface area contributed by atoms with Gasteiger partial charge in [0.15, 0.2) is 11.6 Å². The Kier molecular flexibility index (Phi) is 5.86. The summed E-state index contributed by atoms with van der Waals surface area (Å²) in [5.41, 5.74) is 1.54. The lowest BCUT2D eigenvalue weighted by molar-refractivity contribution is 0.0159. The fourth-order valence-electron chi connectivity index (χ4n) is 4.64. The van der Waals surface area contributed by atoms with Gasteiger partial charge in [-0.25, -0.2) is 23.5 Å². The predicted molar refractivity (Wildman–Crippen MR) is 130 cm³/mol. The Bertz CT molecular complexity index is 1280. The highest BCUT2D eigenvalue weighted by Crippen LogP contribution is 2.46. The molecule has 0 radical (unpaired) electrons. The number of rotatable bonds is 3. The number of piperazine rings is 1. The molecule has 2 fully saturated rings. The molecule has 1 aliphatic heterocycles. The van der Waals surface area contributed by atoms with Crippen LogP contribution in [0, 0.1) is 11.6 Å². The van der Waals surface area contributed by atoms with E-state index in [9.17, 15) is 13.6 Å². The normalized spacial score (nSPS) is 18.9. The molecule has 1 amide bonds. The molecule has 1 aromatic carbocycles. The molecule has 186 valence electrons. The van der Waals surface area contributed by atoms with Crippen LogP contribution in [-0.4, -0.2) is 56.8 Å². The molecular weight excluding hydrogens is 476 g/mol. The van der Waals surface area contributed by atoms with Gasteiger partial charge in [-0.15, -0.1) is 0 Å². The number of benzene rings is 1. The van der Waals surface area contributed by atoms with Gasteiger partial charge < -0.3 is 19.1 Å². The van der Waals surface area contributed by atoms with Gasteiger partial charge in [-0.1, -0.05) is 11.6 Å². The lowest BCUT2D eigenvalue weighted by atomic mass is 10.1. The van der Waals surface area contributed by atoms with Gasteiger partial charge in [-0.05, 0) is 58.1 Å². The first-order valence-electron chi connectivity index (χ1n) is 11.8. The number of hydrogen-bond acceptors (Lipinski definition) is 5. The van der Waals surface area contributed by atoms with Crippen molar-refractivity contribution in [1.82, 2.24) is 19.4 Å². The number of carbonyl (C=O) groups is 1. The molecule has 1 saturated heterocycles. The first-order valence-corrected chi connectivity index (χ1v) is 12.2. The average molecular weight is 504 g/mol. The smallest absolute Gasteiger partial charge is 0.410 e. The van der Waals surface area contributed by atoms with E-state index in [1.807, 2.05) is 33.9 Å². The zero-order valence-electron chi connectivity index (χ0n) is 20.2. The van der Waals surface area contributed by atoms with Crippen molar-refractivity contribution in [3.8, 4) is 5.69 Å². The standard InChI is InChI=1S/C25H28ClF2N5O2/c1-14-11-31(7-8-32(14)24(34)35-25(2,3)4)22-20-17(15-5-6-15)12-33(23(20)30-13-29-22)16-9-18(26)21(28)19(27)10-16/h9-10,12-15H,5-8,11H2,1-4H3/t14-/m1/s1. The molecule has 3 aromatic rings. The van der Waals surface area contributed by atoms with E-state index < -0.39 is 17.2 Å². The van der Waals surface area contributed by atoms with E-state index in [0.29, 0.717) is 36.9 Å². The maximum Gasteiger partial charge on any atom is 0.410 e. The molecule has 1 aliphatic carbocycles. The second-order valence-electron chi connectivity index (χ2n) is 10.3. The van der Waals surface area contributed by atoms with Gasteiger partial charge in [0.25, 0.3) is 0 Å². The van der Waals surface area contributed by atoms with Gasteiger partial charge in [-0.3, -0.25) is 0 Å². The number of fused-ring (bicyclic) bond motifs is 1. The average Bonchev–Trinajstić information content (AvgIpc) is 3.55. The number of ether oxygens (including phenoxy) is 1. The van der Waals surface area contributed by atoms with Gasteiger partial charge >= 0.3 is 6.09 Å². The van der Waals surface area contributed by atoms with E-state index in [4.69, 9.17) is 16.3 Å². The van der Waals surface area contributed by atoms with Crippen LogP contribution in [0.15, 0.2) is 24.7 Å². The number of carbonyl (C=O) groups excluding carboxylic acids is 1. The number of hydrogen-bond donors (Lipinski definition) is 0. The molecule has 0 N–H and O–H groups in total. The largest absolute Gasteiger partial charge is 0.444 e. The van der Waals surface area contributed by atoms with Gasteiger partial charge in [0, 0.05) is 37.9 Å². The van der Waals surface area contributed by atoms with Gasteiger partial charge in [0.05, 0.1) is 16.1 Å². The summed E-state index contributed by atoms with van der Waals surface area (Å²) in [7, 11) is 0. The summed E-state index contributed by atoms with van der Waals surface area (Å²) in [4.78, 5) is 25.7. The maximum absolute atomic E-state index is 14.2. The van der Waals surface area contributed by atoms with Crippen LogP contribution in [0.5, 0.6) is 0 Å². The van der Waals surface area contributed by atoms with Crippen molar-refractivity contribution in [3.05, 3.63) is 46.9 Å². The summed E-state index contributed by atoms with van der Waals surface area (Å²) in [6.07, 6.45) is 5.20. The molecular formula is C25H28ClF2N5O2. The molecule has 0 bridgehead atoms. The van der Waals surface area contributed by atoms with Crippen molar-refractivity contribution in [2.75, 3.05) is 24.5 Å². The Labute approximate surface area is 207 Å². The molecule has 35 heavy (non-hydrogen) atoms. The molecule has 2 aliphatic rings. The number of halogens is 3. The van der Waals surface area contributed by atoms with Crippen molar-refractivity contribution in [3.63, 3.8) is 0 Å². The Morgan fingerprint density at radius 3 is 2.54 bits per heavy atom. The van der Waals surface area contributed by atoms with E-state index in [-0.39, 0.29) is 17.2 Å². The second-order valence-corrected chi connectivity index (χ2v) is 10.7. The van der Waals surface area contributed by atoms with Gasteiger partial charge in [0.1, 0.15) is 23.4 Å². The van der Waals surface area contributed by atoms with E-state index in [1.165, 1.54) is 12.4 Å². The molecule has 2 aromatic heterocycles. The lowest BCUT2D eigenvalue weighted by Crippen LogP contribution is -2.55. The van der Waals surface area contributed by atoms with Crippen LogP contribution in [0.4, 0.5) is 19.4 Å². The Morgan fingerprint density at radius 1 is 1.17 bits per heavy atom. The third kappa shape index (κ3) is 4.53. The quantitative estimate of drug-likeness (QED) is 0.431. The molecule has 0 unspecified atom stereocenters. The Hall–Kier alpha value is -2.94. The van der Waals surface area contributed by atoms with Crippen LogP contribution >= 0.6 is 11.6 Å². The highest BCUT2D eigenvalue weighted by molar-refractivity contribution is 6.30. The van der Waals surface area contributed by atoms with Crippen molar-refractivity contribution in [1.29, 1.82) is 0 Å². The van der Waals surface area contributed by atoms with Crippen LogP contribution in [0.3, 0.4) is 0 Å². The Balaban J connectivity index is 1.51. The second kappa shape index (κ2) is 8.62. The van der Waals surface area contributed by atoms with Gasteiger partial charge in [-0.2, -0.15) is 0 Å². The third-order valence-corrected chi connectivity index (χ3v) is 6.69. The van der Waals surface area contributed by atoms with E-state index >= 15 is 0 Å². The van der Waals surface area contributed by atoms with E-state index in [2.05, 4.69) is 14.9 Å². The van der Waals surface area contributed by atoms with Crippen molar-refractivity contribution in [2.45, 2.75) is 58.1 Å². The zero-order valence-corrected chi connectivity index (χ0v) is 20.9. The van der Waals surface area contributed by atoms with Crippen LogP contribution in [-0.2, 0) is 4.74 Å². The third-order valence-electron chi connectivity index (χ3n) is 6.41. The minimum atomic E-state index is -1.07. The van der Waals surface area contributed by atoms with Gasteiger partial charge in [0.2, 0.25) is 0 Å². The topological polar surface area (TPSA) is 63.5 Å². The molecule has 0 spiro atoms. The molecule has 1 saturated carbocycles. The molecule has 10 heteroatoms. The maximum atomic E-state index is 14.2. The minimum Gasteiger partial charge on any atom is -0.444 e. The summed E-state index contributed by atoms with van der Waals surface area (Å²) >= 11 is 5.94. The van der Waals surface area contributed by atoms with Crippen LogP contribution in [0.25, 0.3) is 16.7 Å². The number of amides is 1. The summed E-state index contributed by atoms with van der Waals surface area (Å²) < 4.78 is 35.3. The predicted octanol–water partition coefficient (Wildman–Crippen LogP) is 5.68. The Morgan fingerprint density at radius 2 is 1.91 bits per heavy atom. The van der Waals surface area contributed by atoms with E-state index in [1.54, 1.807) is 9.47 Å². The summed E-state index contributed by atoms with van der Waals surface area (Å²) in [6, 6.07) is 2.44. The minimum absolute atomic E-state index is 0.0833. The van der Waals surface area contributed by atoms with E-state index in [0.717, 1.165) is 35.7 Å². The van der Waals surface area contributed by atoms with Crippen LogP contribution in [0.2, 0.25) is 5.02 Å². The first kappa shape index (κ1) is 23.8. The highest BCUT2D eigenvalue weighted by Gasteiger charge is 2.35. The fourth-order valence-corrected chi connectivity index (χ4v) is 4.84. The lowest BCUT2D eigenvalue weighted by Gasteiger charge is -2.40. The highest BCUT2D eigenvalue weighted by atomic mass is 35.5. The number of anilines is 1. The SMILES string of the molecule is C[C@@H]1CN(c2ncnc3c2c(C2CC2)cn3-c2cc(F)c(F)c(Cl)c2)CCN1C(=O)OC(C)(C)C. The fraction of sp³-hybridized carbons (Fsp3) is 0.480. The van der Waals surface area contributed by atoms with Crippen LogP contribution in [0.1, 0.15) is 52.0 Å². The zero-order chi connectivity index (χ0) is 25.1. The first-order chi connectivity index (χ1) is 16.5. The number of aromatic nitrogens is 3. The molecule has 5 rings (SSSR count). The van der Waals surface area contributed by atoms with Crippen molar-refractivity contribution >= 4 is 34.5 Å². The molecule has 7 nitrogen and oxygen atoms in total. The molecule has 3 heterocycles. The summed E-state index contributed by atoms with van der Waals surface area (Å²) in [6.45, 7) is 9.22. The summed E-state index contributed by atoms with van der Waals surface area (Å²) in [5, 5.41) is 0.616. The number of nitrogens with zero attached hydrogens (tertiary/aromatic N) is 5. The van der Waals surface area contributed by atoms with Crippen molar-refractivity contribution < 1.29 is 18.3 Å². The summed E-state index contributed by atoms with van der Waals surface area (Å²) in [5.74, 6) is -0.935. The molecule has 1 atom stereocenters. The monoisotopic (exact) mass is 503 g/mol. The van der Waals surface area contributed by atoms with Crippen LogP contribution < -0.4 is 4.90 Å².